The van der Waals surface area contributed by atoms with Crippen molar-refractivity contribution in [3.63, 3.8) is 0 Å². The number of hydrogen-bond donors (Lipinski definition) is 3. The van der Waals surface area contributed by atoms with Gasteiger partial charge in [-0.05, 0) is 51.8 Å². The van der Waals surface area contributed by atoms with Crippen LogP contribution in [0.4, 0.5) is 0 Å². The quantitative estimate of drug-likeness (QED) is 0.448. The lowest BCUT2D eigenvalue weighted by Crippen LogP contribution is -2.71. The molecule has 3 heterocycles. The number of ether oxygens (including phenoxy) is 2. The van der Waals surface area contributed by atoms with Crippen molar-refractivity contribution in [1.29, 1.82) is 5.26 Å². The van der Waals surface area contributed by atoms with Crippen molar-refractivity contribution in [3.8, 4) is 17.6 Å². The average molecular weight is 550 g/mol. The zero-order valence-electron chi connectivity index (χ0n) is 23.6. The molecule has 1 aromatic rings. The van der Waals surface area contributed by atoms with Gasteiger partial charge in [-0.25, -0.2) is 0 Å². The molecule has 2 bridgehead atoms. The fourth-order valence-electron chi connectivity index (χ4n) is 7.17. The highest BCUT2D eigenvalue weighted by Crippen LogP contribution is 2.53. The van der Waals surface area contributed by atoms with Gasteiger partial charge in [-0.15, -0.1) is 0 Å². The van der Waals surface area contributed by atoms with E-state index < -0.39 is 41.9 Å². The largest absolute Gasteiger partial charge is 0.504 e. The second-order valence-electron chi connectivity index (χ2n) is 11.1. The number of rotatable bonds is 5. The predicted octanol–water partition coefficient (Wildman–Crippen LogP) is 0.788. The minimum absolute atomic E-state index is 0.0256. The van der Waals surface area contributed by atoms with E-state index in [0.29, 0.717) is 23.3 Å². The van der Waals surface area contributed by atoms with Crippen molar-refractivity contribution in [2.75, 3.05) is 27.8 Å². The number of aryl methyl sites for hydroxylation is 1. The number of fused-ring (bicyclic) bond motifs is 6. The Morgan fingerprint density at radius 1 is 1.23 bits per heavy atom. The third kappa shape index (κ3) is 3.85. The van der Waals surface area contributed by atoms with E-state index in [1.807, 2.05) is 24.9 Å². The molecule has 0 spiro atoms. The third-order valence-electron chi connectivity index (χ3n) is 8.95. The van der Waals surface area contributed by atoms with E-state index in [9.17, 15) is 24.8 Å². The Kier molecular flexibility index (Phi) is 6.98. The van der Waals surface area contributed by atoms with Crippen molar-refractivity contribution < 1.29 is 29.0 Å². The maximum Gasteiger partial charge on any atom is 0.236 e. The van der Waals surface area contributed by atoms with E-state index in [1.54, 1.807) is 13.8 Å². The Balaban J connectivity index is 1.72. The van der Waals surface area contributed by atoms with E-state index in [1.165, 1.54) is 14.2 Å². The van der Waals surface area contributed by atoms with Gasteiger partial charge in [0.25, 0.3) is 0 Å². The number of hydrogen-bond acceptors (Lipinski definition) is 10. The second-order valence-corrected chi connectivity index (χ2v) is 11.1. The molecule has 1 amide bonds. The normalized spacial score (nSPS) is 28.8. The summed E-state index contributed by atoms with van der Waals surface area (Å²) in [4.78, 5) is 44.1. The summed E-state index contributed by atoms with van der Waals surface area (Å²) in [6, 6.07) is 1.07. The molecule has 6 atom stereocenters. The Bertz CT molecular complexity index is 1420. The number of methoxy groups -OCH3 is 2. The van der Waals surface area contributed by atoms with Crippen LogP contribution in [0.3, 0.4) is 0 Å². The van der Waals surface area contributed by atoms with E-state index >= 15 is 0 Å². The number of carbonyl (C=O) groups is 3. The molecule has 1 aliphatic carbocycles. The number of nitriles is 1. The lowest BCUT2D eigenvalue weighted by molar-refractivity contribution is -0.125. The van der Waals surface area contributed by atoms with Gasteiger partial charge in [-0.1, -0.05) is 6.07 Å². The summed E-state index contributed by atoms with van der Waals surface area (Å²) in [7, 11) is 4.78. The number of ketones is 2. The van der Waals surface area contributed by atoms with E-state index in [0.717, 1.165) is 11.1 Å². The van der Waals surface area contributed by atoms with Gasteiger partial charge in [-0.3, -0.25) is 24.2 Å². The summed E-state index contributed by atoms with van der Waals surface area (Å²) in [5.74, 6) is -0.749. The van der Waals surface area contributed by atoms with Crippen molar-refractivity contribution in [2.24, 2.45) is 5.73 Å². The molecular weight excluding hydrogens is 514 g/mol. The van der Waals surface area contributed by atoms with Crippen LogP contribution in [0, 0.1) is 18.3 Å². The Hall–Kier alpha value is -3.72. The third-order valence-corrected chi connectivity index (χ3v) is 8.95. The zero-order chi connectivity index (χ0) is 29.2. The van der Waals surface area contributed by atoms with Crippen LogP contribution < -0.4 is 15.8 Å². The molecule has 0 aromatic heterocycles. The molecular formula is C29H35N5O6. The summed E-state index contributed by atoms with van der Waals surface area (Å²) in [6.45, 7) is 4.97. The summed E-state index contributed by atoms with van der Waals surface area (Å²) >= 11 is 0. The summed E-state index contributed by atoms with van der Waals surface area (Å²) in [6.07, 6.45) is 0.670. The highest BCUT2D eigenvalue weighted by atomic mass is 16.5. The molecule has 1 unspecified atom stereocenters. The zero-order valence-corrected chi connectivity index (χ0v) is 23.6. The molecule has 11 nitrogen and oxygen atoms in total. The Morgan fingerprint density at radius 3 is 2.52 bits per heavy atom. The van der Waals surface area contributed by atoms with Crippen LogP contribution in [0.5, 0.6) is 11.5 Å². The van der Waals surface area contributed by atoms with Gasteiger partial charge >= 0.3 is 0 Å². The monoisotopic (exact) mass is 549 g/mol. The van der Waals surface area contributed by atoms with Gasteiger partial charge in [-0.2, -0.15) is 5.26 Å². The standard InChI is InChI=1S/C29H35N5O6/c1-12-7-15-8-17-19(10-30)34-18(23(33(17)4)21(15)25(36)27(12)39-5)9-16-22(20(34)11-32-29(38)14(3)31)26(37)28(40-6)13(2)24(16)35/h7,14,17-20,23,36H,8-9,11,31H2,1-6H3,(H,32,38)/t14?,17-,18-,19-,20-,23-/m0/s1. The number of nitrogens with zero attached hydrogens (tertiary/aromatic N) is 3. The van der Waals surface area contributed by atoms with Crippen LogP contribution in [0.1, 0.15) is 43.0 Å². The molecule has 5 rings (SSSR count). The van der Waals surface area contributed by atoms with Crippen LogP contribution >= 0.6 is 0 Å². The van der Waals surface area contributed by atoms with Crippen LogP contribution in [0.25, 0.3) is 0 Å². The Morgan fingerprint density at radius 2 is 1.93 bits per heavy atom. The van der Waals surface area contributed by atoms with Gasteiger partial charge in [0.2, 0.25) is 11.7 Å². The summed E-state index contributed by atoms with van der Waals surface area (Å²) in [5, 5.41) is 24.8. The lowest BCUT2D eigenvalue weighted by atomic mass is 9.69. The first kappa shape index (κ1) is 27.8. The van der Waals surface area contributed by atoms with Crippen LogP contribution in [-0.2, 0) is 25.5 Å². The topological polar surface area (TPSA) is 158 Å². The molecule has 0 radical (unpaired) electrons. The molecule has 40 heavy (non-hydrogen) atoms. The number of nitrogens with one attached hydrogen (secondary N) is 1. The van der Waals surface area contributed by atoms with E-state index in [4.69, 9.17) is 15.2 Å². The van der Waals surface area contributed by atoms with Crippen molar-refractivity contribution >= 4 is 17.5 Å². The molecule has 4 aliphatic rings. The average Bonchev–Trinajstić information content (AvgIpc) is 2.91. The predicted molar refractivity (Wildman–Crippen MR) is 144 cm³/mol. The fourth-order valence-corrected chi connectivity index (χ4v) is 7.17. The van der Waals surface area contributed by atoms with Crippen molar-refractivity contribution in [3.05, 3.63) is 45.2 Å². The maximum atomic E-state index is 13.8. The number of aromatic hydroxyl groups is 1. The van der Waals surface area contributed by atoms with Crippen LogP contribution in [0.15, 0.2) is 28.5 Å². The van der Waals surface area contributed by atoms with Crippen molar-refractivity contribution in [2.45, 2.75) is 69.9 Å². The molecule has 3 aliphatic heterocycles. The number of amides is 1. The van der Waals surface area contributed by atoms with Crippen molar-refractivity contribution in [1.82, 2.24) is 15.1 Å². The van der Waals surface area contributed by atoms with Gasteiger partial charge in [0.15, 0.2) is 23.0 Å². The molecule has 11 heteroatoms. The number of phenolic OH excluding ortho intramolecular Hbond substituents is 1. The minimum Gasteiger partial charge on any atom is -0.504 e. The molecule has 4 N–H and O–H groups in total. The second kappa shape index (κ2) is 10.0. The van der Waals surface area contributed by atoms with Gasteiger partial charge in [0.1, 0.15) is 6.04 Å². The molecule has 1 fully saturated rings. The van der Waals surface area contributed by atoms with E-state index in [2.05, 4.69) is 16.3 Å². The first-order chi connectivity index (χ1) is 19.0. The minimum atomic E-state index is -0.787. The number of likely N-dealkylation sites (N-methyl/N-ethyl adjacent to an activating group) is 1. The first-order valence-electron chi connectivity index (χ1n) is 13.4. The number of phenols is 1. The summed E-state index contributed by atoms with van der Waals surface area (Å²) in [5.41, 5.74) is 9.01. The number of benzene rings is 1. The van der Waals surface area contributed by atoms with E-state index in [-0.39, 0.29) is 47.4 Å². The highest BCUT2D eigenvalue weighted by molar-refractivity contribution is 6.25. The number of allylic oxidation sites excluding steroid dienone is 2. The SMILES string of the molecule is COC1=C(C)C(=O)C2=C(C1=O)[C@H](CNC(=O)C(C)N)N1[C@@H](C#N)[C@@H]3Cc4cc(C)c(OC)c(O)c4[C@H]([C@@H]1C2)N3C. The number of Topliss-reactive ketones (excluding diaryl/α,β-unsaturated/α-hetero) is 2. The van der Waals surface area contributed by atoms with Gasteiger partial charge in [0.05, 0.1) is 38.4 Å². The molecule has 1 aromatic carbocycles. The van der Waals surface area contributed by atoms with Gasteiger partial charge in [0, 0.05) is 40.9 Å². The van der Waals surface area contributed by atoms with Crippen LogP contribution in [0.2, 0.25) is 0 Å². The molecule has 212 valence electrons. The molecule has 0 saturated carbocycles. The number of nitrogens with two attached hydrogens (primary N) is 1. The Labute approximate surface area is 233 Å². The highest BCUT2D eigenvalue weighted by Gasteiger charge is 2.57. The number of piperazine rings is 1. The number of carbonyl (C=O) groups excluding carboxylic acids is 3. The first-order valence-corrected chi connectivity index (χ1v) is 13.4. The fraction of sp³-hybridized carbons (Fsp3) is 0.517. The smallest absolute Gasteiger partial charge is 0.236 e. The van der Waals surface area contributed by atoms with Gasteiger partial charge < -0.3 is 25.6 Å². The maximum absolute atomic E-state index is 13.8. The lowest BCUT2D eigenvalue weighted by Gasteiger charge is -2.60. The van der Waals surface area contributed by atoms with Crippen LogP contribution in [-0.4, -0.2) is 90.4 Å². The summed E-state index contributed by atoms with van der Waals surface area (Å²) < 4.78 is 10.9. The molecule has 1 saturated heterocycles.